The summed E-state index contributed by atoms with van der Waals surface area (Å²) in [5, 5.41) is 0. The fourth-order valence-corrected chi connectivity index (χ4v) is 6.16. The van der Waals surface area contributed by atoms with E-state index in [-0.39, 0.29) is 17.4 Å². The van der Waals surface area contributed by atoms with E-state index >= 15 is 0 Å². The van der Waals surface area contributed by atoms with Crippen molar-refractivity contribution in [3.8, 4) is 5.75 Å². The number of piperidine rings is 1. The highest BCUT2D eigenvalue weighted by molar-refractivity contribution is 5.79. The van der Waals surface area contributed by atoms with Crippen LogP contribution in [-0.4, -0.2) is 73.2 Å². The van der Waals surface area contributed by atoms with Crippen LogP contribution >= 0.6 is 0 Å². The number of likely N-dealkylation sites (tertiary alicyclic amines) is 1. The van der Waals surface area contributed by atoms with E-state index < -0.39 is 0 Å². The van der Waals surface area contributed by atoms with Gasteiger partial charge in [0.05, 0.1) is 13.0 Å². The molecule has 2 saturated heterocycles. The first-order valence-corrected chi connectivity index (χ1v) is 12.0. The minimum Gasteiger partial charge on any atom is -0.496 e. The van der Waals surface area contributed by atoms with Crippen LogP contribution < -0.4 is 15.2 Å². The summed E-state index contributed by atoms with van der Waals surface area (Å²) in [6, 6.07) is 12.2. The number of pyridine rings is 1. The molecule has 0 radical (unpaired) electrons. The standard InChI is InChI=1S/C26H34N4O3/c1-27-17-20(14-19-15-21-18(16-22(19)27)6-4-7-23(21)33-3)26(32)30-12-10-29(11-13-30)24-8-5-9-25(31)28(24)2/h4-9,19-20,22H,10-17H2,1-3H3/t19-,20-,22-/m1/s1. The lowest BCUT2D eigenvalue weighted by Gasteiger charge is -2.47. The molecule has 0 bridgehead atoms. The third-order valence-electron chi connectivity index (χ3n) is 7.97. The largest absolute Gasteiger partial charge is 0.496 e. The summed E-state index contributed by atoms with van der Waals surface area (Å²) in [6.45, 7) is 3.73. The average Bonchev–Trinajstić information content (AvgIpc) is 2.84. The van der Waals surface area contributed by atoms with E-state index in [9.17, 15) is 9.59 Å². The van der Waals surface area contributed by atoms with E-state index in [0.29, 0.717) is 25.0 Å². The van der Waals surface area contributed by atoms with Gasteiger partial charge in [-0.25, -0.2) is 0 Å². The average molecular weight is 451 g/mol. The highest BCUT2D eigenvalue weighted by atomic mass is 16.5. The molecule has 3 heterocycles. The Balaban J connectivity index is 1.25. The van der Waals surface area contributed by atoms with Crippen molar-refractivity contribution in [3.63, 3.8) is 0 Å². The smallest absolute Gasteiger partial charge is 0.251 e. The SMILES string of the molecule is COc1cccc2c1C[C@H]1C[C@@H](C(=O)N3CCN(c4cccc(=O)n4C)CC3)CN(C)[C@@H]1C2. The minimum atomic E-state index is -0.00325. The summed E-state index contributed by atoms with van der Waals surface area (Å²) in [7, 11) is 5.73. The molecule has 1 aromatic heterocycles. The molecule has 176 valence electrons. The van der Waals surface area contributed by atoms with E-state index in [1.807, 2.05) is 11.0 Å². The van der Waals surface area contributed by atoms with Crippen molar-refractivity contribution in [1.82, 2.24) is 14.4 Å². The topological polar surface area (TPSA) is 58.0 Å². The van der Waals surface area contributed by atoms with E-state index in [0.717, 1.165) is 50.5 Å². The number of carbonyl (C=O) groups excluding carboxylic acids is 1. The number of hydrogen-bond donors (Lipinski definition) is 0. The predicted molar refractivity (Wildman–Crippen MR) is 129 cm³/mol. The van der Waals surface area contributed by atoms with Crippen molar-refractivity contribution in [1.29, 1.82) is 0 Å². The number of hydrogen-bond acceptors (Lipinski definition) is 5. The van der Waals surface area contributed by atoms with Gasteiger partial charge in [-0.1, -0.05) is 18.2 Å². The Hall–Kier alpha value is -2.80. The first-order valence-electron chi connectivity index (χ1n) is 12.0. The summed E-state index contributed by atoms with van der Waals surface area (Å²) < 4.78 is 7.32. The van der Waals surface area contributed by atoms with E-state index in [2.05, 4.69) is 35.0 Å². The van der Waals surface area contributed by atoms with Crippen LogP contribution in [0.15, 0.2) is 41.2 Å². The van der Waals surface area contributed by atoms with Gasteiger partial charge >= 0.3 is 0 Å². The van der Waals surface area contributed by atoms with Gasteiger partial charge in [0.1, 0.15) is 11.6 Å². The van der Waals surface area contributed by atoms with Gasteiger partial charge in [0.15, 0.2) is 0 Å². The van der Waals surface area contributed by atoms with Crippen molar-refractivity contribution < 1.29 is 9.53 Å². The molecule has 3 atom stereocenters. The van der Waals surface area contributed by atoms with Crippen LogP contribution in [0.5, 0.6) is 5.75 Å². The maximum atomic E-state index is 13.5. The third kappa shape index (κ3) is 4.03. The highest BCUT2D eigenvalue weighted by Crippen LogP contribution is 2.40. The third-order valence-corrected chi connectivity index (χ3v) is 7.97. The number of nitrogens with zero attached hydrogens (tertiary/aromatic N) is 4. The molecule has 5 rings (SSSR count). The quantitative estimate of drug-likeness (QED) is 0.714. The molecule has 0 spiro atoms. The summed E-state index contributed by atoms with van der Waals surface area (Å²) in [5.74, 6) is 2.70. The van der Waals surface area contributed by atoms with Gasteiger partial charge in [-0.05, 0) is 55.5 Å². The Labute approximate surface area is 195 Å². The van der Waals surface area contributed by atoms with Gasteiger partial charge in [0.2, 0.25) is 5.91 Å². The Morgan fingerprint density at radius 2 is 1.76 bits per heavy atom. The van der Waals surface area contributed by atoms with Crippen LogP contribution in [-0.2, 0) is 24.7 Å². The minimum absolute atomic E-state index is 0.00325. The summed E-state index contributed by atoms with van der Waals surface area (Å²) in [4.78, 5) is 32.1. The van der Waals surface area contributed by atoms with Crippen LogP contribution in [0.3, 0.4) is 0 Å². The molecule has 33 heavy (non-hydrogen) atoms. The van der Waals surface area contributed by atoms with Gasteiger partial charge < -0.3 is 19.4 Å². The first kappa shape index (κ1) is 22.0. The number of likely N-dealkylation sites (N-methyl/N-ethyl adjacent to an activating group) is 1. The van der Waals surface area contributed by atoms with Gasteiger partial charge in [-0.3, -0.25) is 14.2 Å². The molecule has 2 aromatic rings. The Morgan fingerprint density at radius 3 is 2.52 bits per heavy atom. The van der Waals surface area contributed by atoms with Crippen LogP contribution in [0.25, 0.3) is 0 Å². The van der Waals surface area contributed by atoms with E-state index in [4.69, 9.17) is 4.74 Å². The first-order chi connectivity index (χ1) is 16.0. The van der Waals surface area contributed by atoms with Gasteiger partial charge in [0, 0.05) is 51.9 Å². The van der Waals surface area contributed by atoms with Crippen LogP contribution in [0.4, 0.5) is 5.82 Å². The second-order valence-electron chi connectivity index (χ2n) is 9.80. The van der Waals surface area contributed by atoms with Crippen molar-refractivity contribution in [2.45, 2.75) is 25.3 Å². The van der Waals surface area contributed by atoms with Gasteiger partial charge in [-0.15, -0.1) is 0 Å². The zero-order valence-electron chi connectivity index (χ0n) is 19.9. The van der Waals surface area contributed by atoms with Crippen LogP contribution in [0.1, 0.15) is 17.5 Å². The molecular formula is C26H34N4O3. The second kappa shape index (κ2) is 8.86. The normalized spacial score (nSPS) is 25.4. The van der Waals surface area contributed by atoms with Crippen molar-refractivity contribution in [2.75, 3.05) is 51.8 Å². The molecule has 1 aromatic carbocycles. The molecule has 1 aliphatic carbocycles. The Morgan fingerprint density at radius 1 is 1.00 bits per heavy atom. The molecule has 7 heteroatoms. The number of amides is 1. The molecule has 0 unspecified atom stereocenters. The van der Waals surface area contributed by atoms with Crippen LogP contribution in [0, 0.1) is 11.8 Å². The Kier molecular flexibility index (Phi) is 5.91. The maximum Gasteiger partial charge on any atom is 0.251 e. The molecule has 2 aliphatic heterocycles. The number of carbonyl (C=O) groups is 1. The number of methoxy groups -OCH3 is 1. The lowest BCUT2D eigenvalue weighted by molar-refractivity contribution is -0.139. The molecule has 7 nitrogen and oxygen atoms in total. The zero-order valence-corrected chi connectivity index (χ0v) is 19.9. The number of ether oxygens (including phenoxy) is 1. The molecule has 1 amide bonds. The number of anilines is 1. The van der Waals surface area contributed by atoms with Gasteiger partial charge in [0.25, 0.3) is 5.56 Å². The number of benzene rings is 1. The number of fused-ring (bicyclic) bond motifs is 2. The molecule has 2 fully saturated rings. The molecule has 0 saturated carbocycles. The highest BCUT2D eigenvalue weighted by Gasteiger charge is 2.41. The molecular weight excluding hydrogens is 416 g/mol. The second-order valence-corrected chi connectivity index (χ2v) is 9.80. The lowest BCUT2D eigenvalue weighted by atomic mass is 9.72. The van der Waals surface area contributed by atoms with Crippen LogP contribution in [0.2, 0.25) is 0 Å². The van der Waals surface area contributed by atoms with Crippen molar-refractivity contribution in [3.05, 3.63) is 57.9 Å². The molecule has 0 N–H and O–H groups in total. The summed E-state index contributed by atoms with van der Waals surface area (Å²) in [5.41, 5.74) is 2.71. The lowest BCUT2D eigenvalue weighted by Crippen LogP contribution is -2.56. The summed E-state index contributed by atoms with van der Waals surface area (Å²) in [6.07, 6.45) is 2.95. The van der Waals surface area contributed by atoms with Gasteiger partial charge in [-0.2, -0.15) is 0 Å². The monoisotopic (exact) mass is 450 g/mol. The number of rotatable bonds is 3. The number of piperazine rings is 1. The maximum absolute atomic E-state index is 13.5. The fourth-order valence-electron chi connectivity index (χ4n) is 6.16. The van der Waals surface area contributed by atoms with E-state index in [1.54, 1.807) is 30.9 Å². The zero-order chi connectivity index (χ0) is 23.1. The summed E-state index contributed by atoms with van der Waals surface area (Å²) >= 11 is 0. The fraction of sp³-hybridized carbons (Fsp3) is 0.538. The number of aromatic nitrogens is 1. The molecule has 3 aliphatic rings. The Bertz CT molecular complexity index is 1090. The van der Waals surface area contributed by atoms with E-state index in [1.165, 1.54) is 11.1 Å². The van der Waals surface area contributed by atoms with Crippen molar-refractivity contribution >= 4 is 11.7 Å². The predicted octanol–water partition coefficient (Wildman–Crippen LogP) is 1.78. The van der Waals surface area contributed by atoms with Crippen molar-refractivity contribution in [2.24, 2.45) is 18.9 Å².